The van der Waals surface area contributed by atoms with Gasteiger partial charge < -0.3 is 4.98 Å². The third kappa shape index (κ3) is 1.71. The van der Waals surface area contributed by atoms with E-state index >= 15 is 0 Å². The summed E-state index contributed by atoms with van der Waals surface area (Å²) < 4.78 is 0.562. The van der Waals surface area contributed by atoms with E-state index < -0.39 is 4.92 Å². The van der Waals surface area contributed by atoms with Gasteiger partial charge >= 0.3 is 0 Å². The molecule has 0 fully saturated rings. The number of fused-ring (bicyclic) bond motifs is 1. The monoisotopic (exact) mass is 240 g/mol. The molecule has 0 aliphatic carbocycles. The molecule has 2 rings (SSSR count). The number of hydrogen-bond acceptors (Lipinski definition) is 3. The van der Waals surface area contributed by atoms with Crippen molar-refractivity contribution in [1.82, 2.24) is 4.98 Å². The summed E-state index contributed by atoms with van der Waals surface area (Å²) in [5.41, 5.74) is 0.591. The molecule has 0 aliphatic heterocycles. The van der Waals surface area contributed by atoms with Crippen LogP contribution in [-0.2, 0) is 0 Å². The Bertz CT molecular complexity index is 609. The zero-order chi connectivity index (χ0) is 11.0. The lowest BCUT2D eigenvalue weighted by atomic mass is 10.2. The highest BCUT2D eigenvalue weighted by Crippen LogP contribution is 2.31. The molecule has 0 saturated carbocycles. The van der Waals surface area contributed by atoms with Gasteiger partial charge in [-0.3, -0.25) is 10.1 Å². The van der Waals surface area contributed by atoms with E-state index in [-0.39, 0.29) is 10.7 Å². The van der Waals surface area contributed by atoms with Crippen LogP contribution in [0.15, 0.2) is 24.3 Å². The molecule has 0 radical (unpaired) electrons. The average molecular weight is 241 g/mol. The van der Waals surface area contributed by atoms with Crippen LogP contribution in [0.25, 0.3) is 10.9 Å². The Morgan fingerprint density at radius 3 is 2.73 bits per heavy atom. The molecule has 0 bridgehead atoms. The van der Waals surface area contributed by atoms with Crippen LogP contribution in [0.4, 0.5) is 5.69 Å². The van der Waals surface area contributed by atoms with Crippen molar-refractivity contribution in [2.45, 2.75) is 0 Å². The van der Waals surface area contributed by atoms with Gasteiger partial charge in [-0.1, -0.05) is 23.8 Å². The summed E-state index contributed by atoms with van der Waals surface area (Å²) in [5.74, 6) is 0. The third-order valence-electron chi connectivity index (χ3n) is 2.02. The molecule has 2 aromatic rings. The average Bonchev–Trinajstić information content (AvgIpc) is 2.17. The molecule has 1 heterocycles. The molecule has 4 nitrogen and oxygen atoms in total. The van der Waals surface area contributed by atoms with Crippen molar-refractivity contribution in [3.8, 4) is 0 Å². The van der Waals surface area contributed by atoms with Gasteiger partial charge in [-0.05, 0) is 18.2 Å². The van der Waals surface area contributed by atoms with Gasteiger partial charge in [-0.2, -0.15) is 0 Å². The zero-order valence-electron chi connectivity index (χ0n) is 7.36. The molecule has 1 N–H and O–H groups in total. The predicted octanol–water partition coefficient (Wildman–Crippen LogP) is 3.46. The number of benzene rings is 1. The van der Waals surface area contributed by atoms with E-state index in [1.54, 1.807) is 18.2 Å². The fourth-order valence-corrected chi connectivity index (χ4v) is 1.80. The van der Waals surface area contributed by atoms with Crippen molar-refractivity contribution < 1.29 is 4.92 Å². The summed E-state index contributed by atoms with van der Waals surface area (Å²) in [6.45, 7) is 0. The van der Waals surface area contributed by atoms with E-state index in [1.165, 1.54) is 6.07 Å². The molecule has 0 unspecified atom stereocenters. The summed E-state index contributed by atoms with van der Waals surface area (Å²) in [6.07, 6.45) is 0. The Labute approximate surface area is 94.6 Å². The first-order valence-corrected chi connectivity index (χ1v) is 4.84. The minimum Gasteiger partial charge on any atom is -0.346 e. The number of rotatable bonds is 1. The first-order valence-electron chi connectivity index (χ1n) is 4.05. The molecule has 15 heavy (non-hydrogen) atoms. The van der Waals surface area contributed by atoms with Crippen LogP contribution in [0, 0.1) is 14.8 Å². The fraction of sp³-hybridized carbons (Fsp3) is 0. The summed E-state index contributed by atoms with van der Waals surface area (Å²) >= 11 is 10.8. The first-order chi connectivity index (χ1) is 7.09. The maximum Gasteiger partial charge on any atom is 0.288 e. The van der Waals surface area contributed by atoms with Crippen LogP contribution in [0.2, 0.25) is 5.02 Å². The van der Waals surface area contributed by atoms with Gasteiger partial charge in [0.15, 0.2) is 0 Å². The van der Waals surface area contributed by atoms with Gasteiger partial charge in [0, 0.05) is 17.0 Å². The van der Waals surface area contributed by atoms with E-state index in [1.807, 2.05) is 0 Å². The van der Waals surface area contributed by atoms with Crippen molar-refractivity contribution in [3.63, 3.8) is 0 Å². The number of aromatic nitrogens is 1. The summed E-state index contributed by atoms with van der Waals surface area (Å²) in [7, 11) is 0. The molecular weight excluding hydrogens is 236 g/mol. The topological polar surface area (TPSA) is 58.9 Å². The van der Waals surface area contributed by atoms with Crippen LogP contribution in [0.1, 0.15) is 0 Å². The summed E-state index contributed by atoms with van der Waals surface area (Å²) in [5, 5.41) is 11.3. The van der Waals surface area contributed by atoms with Gasteiger partial charge in [0.25, 0.3) is 5.69 Å². The zero-order valence-corrected chi connectivity index (χ0v) is 8.93. The maximum atomic E-state index is 10.6. The summed E-state index contributed by atoms with van der Waals surface area (Å²) in [4.78, 5) is 13.0. The number of nitro groups is 1. The second-order valence-corrected chi connectivity index (χ2v) is 3.76. The van der Waals surface area contributed by atoms with Gasteiger partial charge in [0.2, 0.25) is 0 Å². The van der Waals surface area contributed by atoms with Crippen LogP contribution in [0.3, 0.4) is 0 Å². The van der Waals surface area contributed by atoms with Gasteiger partial charge in [-0.25, -0.2) is 0 Å². The third-order valence-corrected chi connectivity index (χ3v) is 2.65. The molecule has 0 amide bonds. The molecule has 0 saturated heterocycles. The minimum atomic E-state index is -0.511. The highest BCUT2D eigenvalue weighted by atomic mass is 35.5. The number of halogens is 1. The quantitative estimate of drug-likeness (QED) is 0.472. The molecule has 0 aliphatic rings. The lowest BCUT2D eigenvalue weighted by molar-refractivity contribution is -0.384. The standard InChI is InChI=1S/C9H5ClN2O2S/c10-9-5-1-4-8(15)11-6(5)2-3-7(9)12(13)14/h1-4H,(H,11,15). The number of nitrogens with zero attached hydrogens (tertiary/aromatic N) is 1. The minimum absolute atomic E-state index is 0.102. The van der Waals surface area contributed by atoms with E-state index in [0.29, 0.717) is 15.5 Å². The molecule has 1 aromatic carbocycles. The fourth-order valence-electron chi connectivity index (χ4n) is 1.33. The SMILES string of the molecule is O=[N+]([O-])c1ccc2[nH]c(=S)ccc2c1Cl. The Balaban J connectivity index is 2.85. The van der Waals surface area contributed by atoms with Crippen LogP contribution < -0.4 is 0 Å². The number of pyridine rings is 1. The number of nitro benzene ring substituents is 1. The molecule has 6 heteroatoms. The second-order valence-electron chi connectivity index (χ2n) is 2.94. The maximum absolute atomic E-state index is 10.6. The molecule has 0 spiro atoms. The van der Waals surface area contributed by atoms with Crippen molar-refractivity contribution in [2.24, 2.45) is 0 Å². The van der Waals surface area contributed by atoms with E-state index in [4.69, 9.17) is 23.8 Å². The first kappa shape index (κ1) is 10.1. The Morgan fingerprint density at radius 2 is 2.07 bits per heavy atom. The van der Waals surface area contributed by atoms with Crippen molar-refractivity contribution in [3.05, 3.63) is 44.0 Å². The Morgan fingerprint density at radius 1 is 1.33 bits per heavy atom. The van der Waals surface area contributed by atoms with Gasteiger partial charge in [-0.15, -0.1) is 0 Å². The predicted molar refractivity (Wildman–Crippen MR) is 60.8 cm³/mol. The highest BCUT2D eigenvalue weighted by molar-refractivity contribution is 7.71. The van der Waals surface area contributed by atoms with Crippen molar-refractivity contribution in [1.29, 1.82) is 0 Å². The van der Waals surface area contributed by atoms with Crippen molar-refractivity contribution >= 4 is 40.4 Å². The Hall–Kier alpha value is -1.46. The number of hydrogen-bond donors (Lipinski definition) is 1. The number of aromatic amines is 1. The van der Waals surface area contributed by atoms with Gasteiger partial charge in [0.05, 0.1) is 4.92 Å². The highest BCUT2D eigenvalue weighted by Gasteiger charge is 2.14. The molecule has 1 aromatic heterocycles. The smallest absolute Gasteiger partial charge is 0.288 e. The van der Waals surface area contributed by atoms with E-state index in [0.717, 1.165) is 0 Å². The number of H-pyrrole nitrogens is 1. The van der Waals surface area contributed by atoms with Crippen LogP contribution >= 0.6 is 23.8 Å². The summed E-state index contributed by atoms with van der Waals surface area (Å²) in [6, 6.07) is 6.27. The molecule has 76 valence electrons. The van der Waals surface area contributed by atoms with Gasteiger partial charge in [0.1, 0.15) is 9.66 Å². The molecule has 0 atom stereocenters. The van der Waals surface area contributed by atoms with Crippen LogP contribution in [-0.4, -0.2) is 9.91 Å². The second kappa shape index (κ2) is 3.60. The Kier molecular flexibility index (Phi) is 2.42. The molecular formula is C9H5ClN2O2S. The number of nitrogens with one attached hydrogen (secondary N) is 1. The lowest BCUT2D eigenvalue weighted by Gasteiger charge is -2.00. The van der Waals surface area contributed by atoms with Crippen LogP contribution in [0.5, 0.6) is 0 Å². The largest absolute Gasteiger partial charge is 0.346 e. The normalized spacial score (nSPS) is 10.5. The lowest BCUT2D eigenvalue weighted by Crippen LogP contribution is -1.90. The van der Waals surface area contributed by atoms with E-state index in [9.17, 15) is 10.1 Å². The van der Waals surface area contributed by atoms with Crippen molar-refractivity contribution in [2.75, 3.05) is 0 Å². The van der Waals surface area contributed by atoms with E-state index in [2.05, 4.69) is 4.98 Å².